The van der Waals surface area contributed by atoms with Gasteiger partial charge in [0.2, 0.25) is 0 Å². The molecule has 1 spiro atoms. The van der Waals surface area contributed by atoms with Crippen molar-refractivity contribution in [2.24, 2.45) is 0 Å². The Morgan fingerprint density at radius 2 is 0.950 bits per heavy atom. The number of fused-ring (bicyclic) bond motifs is 11. The van der Waals surface area contributed by atoms with Gasteiger partial charge in [0, 0.05) is 11.3 Å². The molecule has 40 heavy (non-hydrogen) atoms. The van der Waals surface area contributed by atoms with Crippen LogP contribution in [0.4, 0.5) is 5.69 Å². The third-order valence-corrected chi connectivity index (χ3v) is 10.3. The van der Waals surface area contributed by atoms with Gasteiger partial charge in [-0.05, 0) is 97.0 Å². The van der Waals surface area contributed by atoms with Crippen molar-refractivity contribution >= 4 is 5.69 Å². The maximum Gasteiger partial charge on any atom is 0.0726 e. The molecule has 3 aliphatic carbocycles. The third-order valence-electron chi connectivity index (χ3n) is 10.3. The van der Waals surface area contributed by atoms with Crippen LogP contribution in [0.25, 0.3) is 33.4 Å². The number of anilines is 1. The summed E-state index contributed by atoms with van der Waals surface area (Å²) >= 11 is 0. The fourth-order valence-electron chi connectivity index (χ4n) is 8.16. The first kappa shape index (κ1) is 23.8. The lowest BCUT2D eigenvalue weighted by Crippen LogP contribution is -2.33. The minimum atomic E-state index is -0.354. The minimum Gasteiger partial charge on any atom is -0.398 e. The molecule has 0 unspecified atom stereocenters. The highest BCUT2D eigenvalue weighted by Gasteiger charge is 2.51. The quantitative estimate of drug-likeness (QED) is 0.216. The van der Waals surface area contributed by atoms with Gasteiger partial charge in [0.25, 0.3) is 0 Å². The summed E-state index contributed by atoms with van der Waals surface area (Å²) < 4.78 is 0. The van der Waals surface area contributed by atoms with Gasteiger partial charge in [0.15, 0.2) is 0 Å². The maximum atomic E-state index is 7.05. The molecule has 0 heterocycles. The maximum absolute atomic E-state index is 7.05. The molecule has 0 radical (unpaired) electrons. The smallest absolute Gasteiger partial charge is 0.0726 e. The average Bonchev–Trinajstić information content (AvgIpc) is 3.42. The van der Waals surface area contributed by atoms with Gasteiger partial charge in [-0.1, -0.05) is 119 Å². The molecule has 196 valence electrons. The lowest BCUT2D eigenvalue weighted by molar-refractivity contribution is 0.332. The lowest BCUT2D eigenvalue weighted by atomic mass is 9.63. The van der Waals surface area contributed by atoms with Gasteiger partial charge >= 0.3 is 0 Å². The molecule has 3 aliphatic rings. The number of nitrogens with two attached hydrogens (primary N) is 1. The van der Waals surface area contributed by atoms with Crippen LogP contribution in [0.3, 0.4) is 0 Å². The number of nitrogen functional groups attached to an aromatic ring is 1. The van der Waals surface area contributed by atoms with E-state index < -0.39 is 0 Å². The average molecular weight is 518 g/mol. The molecule has 2 N–H and O–H groups in total. The summed E-state index contributed by atoms with van der Waals surface area (Å²) in [6, 6.07) is 38.6. The Hall–Kier alpha value is -4.10. The standard InChI is InChI=1S/C39H35N/c1-37(2)19-20-38(3,4)35-21-24(17-18-33(35)37)28-22-29-27-13-7-10-16-32(27)39(34(29)23-36(28)40)30-14-8-5-11-25(30)26-12-6-9-15-31(26)39/h5-18,21-23H,19-20,40H2,1-4H3. The highest BCUT2D eigenvalue weighted by atomic mass is 14.6. The van der Waals surface area contributed by atoms with Crippen molar-refractivity contribution < 1.29 is 0 Å². The van der Waals surface area contributed by atoms with E-state index in [-0.39, 0.29) is 16.2 Å². The van der Waals surface area contributed by atoms with Gasteiger partial charge in [-0.3, -0.25) is 0 Å². The highest BCUT2D eigenvalue weighted by molar-refractivity contribution is 5.97. The molecule has 0 bridgehead atoms. The number of rotatable bonds is 1. The van der Waals surface area contributed by atoms with Crippen molar-refractivity contribution in [3.8, 4) is 33.4 Å². The summed E-state index contributed by atoms with van der Waals surface area (Å²) in [5, 5.41) is 0. The summed E-state index contributed by atoms with van der Waals surface area (Å²) in [5.74, 6) is 0. The van der Waals surface area contributed by atoms with Crippen molar-refractivity contribution in [1.82, 2.24) is 0 Å². The molecule has 1 nitrogen and oxygen atoms in total. The van der Waals surface area contributed by atoms with E-state index in [0.29, 0.717) is 0 Å². The summed E-state index contributed by atoms with van der Waals surface area (Å²) in [4.78, 5) is 0. The van der Waals surface area contributed by atoms with Crippen molar-refractivity contribution in [3.63, 3.8) is 0 Å². The molecular weight excluding hydrogens is 482 g/mol. The molecule has 0 aromatic heterocycles. The third kappa shape index (κ3) is 2.88. The van der Waals surface area contributed by atoms with Gasteiger partial charge in [-0.2, -0.15) is 0 Å². The van der Waals surface area contributed by atoms with E-state index in [1.54, 1.807) is 0 Å². The van der Waals surface area contributed by atoms with Gasteiger partial charge < -0.3 is 5.73 Å². The molecule has 0 saturated carbocycles. The zero-order valence-corrected chi connectivity index (χ0v) is 23.8. The van der Waals surface area contributed by atoms with E-state index in [0.717, 1.165) is 11.3 Å². The van der Waals surface area contributed by atoms with Crippen molar-refractivity contribution in [2.45, 2.75) is 56.8 Å². The molecule has 0 fully saturated rings. The van der Waals surface area contributed by atoms with Gasteiger partial charge in [-0.15, -0.1) is 0 Å². The molecule has 0 saturated heterocycles. The molecule has 0 amide bonds. The Bertz CT molecular complexity index is 1820. The first-order valence-electron chi connectivity index (χ1n) is 14.6. The molecule has 5 aromatic rings. The second-order valence-corrected chi connectivity index (χ2v) is 13.4. The van der Waals surface area contributed by atoms with E-state index in [2.05, 4.69) is 131 Å². The van der Waals surface area contributed by atoms with Crippen LogP contribution >= 0.6 is 0 Å². The molecule has 0 aliphatic heterocycles. The Balaban J connectivity index is 1.41. The molecule has 5 aromatic carbocycles. The van der Waals surface area contributed by atoms with Crippen molar-refractivity contribution in [3.05, 3.63) is 137 Å². The minimum absolute atomic E-state index is 0.153. The van der Waals surface area contributed by atoms with Gasteiger partial charge in [0.05, 0.1) is 5.41 Å². The van der Waals surface area contributed by atoms with E-state index in [1.165, 1.54) is 74.0 Å². The van der Waals surface area contributed by atoms with Gasteiger partial charge in [0.1, 0.15) is 0 Å². The highest BCUT2D eigenvalue weighted by Crippen LogP contribution is 2.63. The van der Waals surface area contributed by atoms with Crippen LogP contribution in [0.15, 0.2) is 103 Å². The van der Waals surface area contributed by atoms with E-state index >= 15 is 0 Å². The predicted octanol–water partition coefficient (Wildman–Crippen LogP) is 9.63. The fraction of sp³-hybridized carbons (Fsp3) is 0.231. The first-order valence-corrected chi connectivity index (χ1v) is 14.6. The zero-order valence-electron chi connectivity index (χ0n) is 23.8. The SMILES string of the molecule is CC1(C)CCC(C)(C)c2cc(-c3cc4c(cc3N)C3(c5ccccc5-c5ccccc53)c3ccccc3-4)ccc21. The van der Waals surface area contributed by atoms with Crippen LogP contribution in [0.2, 0.25) is 0 Å². The van der Waals surface area contributed by atoms with E-state index in [1.807, 2.05) is 0 Å². The van der Waals surface area contributed by atoms with Crippen LogP contribution in [0.5, 0.6) is 0 Å². The fourth-order valence-corrected chi connectivity index (χ4v) is 8.16. The van der Waals surface area contributed by atoms with Crippen LogP contribution in [-0.4, -0.2) is 0 Å². The Labute approximate surface area is 237 Å². The Morgan fingerprint density at radius 3 is 1.52 bits per heavy atom. The first-order chi connectivity index (χ1) is 19.2. The predicted molar refractivity (Wildman–Crippen MR) is 168 cm³/mol. The number of hydrogen-bond acceptors (Lipinski definition) is 1. The van der Waals surface area contributed by atoms with Crippen molar-refractivity contribution in [1.29, 1.82) is 0 Å². The van der Waals surface area contributed by atoms with E-state index in [4.69, 9.17) is 5.73 Å². The van der Waals surface area contributed by atoms with Crippen LogP contribution in [0, 0.1) is 0 Å². The monoisotopic (exact) mass is 517 g/mol. The second kappa shape index (κ2) is 7.76. The summed E-state index contributed by atoms with van der Waals surface area (Å²) in [6.07, 6.45) is 2.42. The molecule has 0 atom stereocenters. The molecular formula is C39H35N. The normalized spacial score (nSPS) is 18.0. The summed E-state index contributed by atoms with van der Waals surface area (Å²) in [7, 11) is 0. The molecule has 1 heteroatoms. The largest absolute Gasteiger partial charge is 0.398 e. The number of hydrogen-bond donors (Lipinski definition) is 1. The van der Waals surface area contributed by atoms with Gasteiger partial charge in [-0.25, -0.2) is 0 Å². The van der Waals surface area contributed by atoms with Crippen LogP contribution in [-0.2, 0) is 16.2 Å². The summed E-state index contributed by atoms with van der Waals surface area (Å²) in [5.41, 5.74) is 23.8. The Morgan fingerprint density at radius 1 is 0.450 bits per heavy atom. The Kier molecular flexibility index (Phi) is 4.61. The molecule has 8 rings (SSSR count). The second-order valence-electron chi connectivity index (χ2n) is 13.4. The summed E-state index contributed by atoms with van der Waals surface area (Å²) in [6.45, 7) is 9.56. The topological polar surface area (TPSA) is 26.0 Å². The van der Waals surface area contributed by atoms with Crippen LogP contribution < -0.4 is 5.73 Å². The van der Waals surface area contributed by atoms with Crippen molar-refractivity contribution in [2.75, 3.05) is 5.73 Å². The van der Waals surface area contributed by atoms with E-state index in [9.17, 15) is 0 Å². The number of benzene rings is 5. The van der Waals surface area contributed by atoms with Crippen LogP contribution in [0.1, 0.15) is 73.9 Å². The zero-order chi connectivity index (χ0) is 27.4. The lowest BCUT2D eigenvalue weighted by Gasteiger charge is -2.42.